The molecule has 2 rings (SSSR count). The zero-order valence-electron chi connectivity index (χ0n) is 12.3. The van der Waals surface area contributed by atoms with Crippen molar-refractivity contribution in [2.75, 3.05) is 13.6 Å². The lowest BCUT2D eigenvalue weighted by molar-refractivity contribution is -0.137. The summed E-state index contributed by atoms with van der Waals surface area (Å²) in [5.41, 5.74) is 1.43. The fourth-order valence-corrected chi connectivity index (χ4v) is 3.37. The van der Waals surface area contributed by atoms with E-state index in [4.69, 9.17) is 5.11 Å². The normalized spacial score (nSPS) is 22.9. The molecule has 1 aromatic rings. The van der Waals surface area contributed by atoms with Gasteiger partial charge in [-0.25, -0.2) is 0 Å². The molecule has 1 N–H and O–H groups in total. The number of aliphatic carboxylic acids is 1. The second-order valence-electron chi connectivity index (χ2n) is 5.85. The van der Waals surface area contributed by atoms with Crippen LogP contribution in [0.5, 0.6) is 0 Å². The fourth-order valence-electron chi connectivity index (χ4n) is 3.37. The third kappa shape index (κ3) is 4.07. The monoisotopic (exact) mass is 275 g/mol. The van der Waals surface area contributed by atoms with E-state index in [0.717, 1.165) is 13.0 Å². The lowest BCUT2D eigenvalue weighted by atomic mass is 9.79. The fraction of sp³-hybridized carbons (Fsp3) is 0.588. The van der Waals surface area contributed by atoms with Gasteiger partial charge in [-0.15, -0.1) is 0 Å². The molecule has 0 aliphatic heterocycles. The lowest BCUT2D eigenvalue weighted by Crippen LogP contribution is -2.39. The van der Waals surface area contributed by atoms with E-state index in [1.165, 1.54) is 31.2 Å². The second kappa shape index (κ2) is 7.44. The Morgan fingerprint density at radius 2 is 1.95 bits per heavy atom. The van der Waals surface area contributed by atoms with E-state index in [1.807, 2.05) is 0 Å². The van der Waals surface area contributed by atoms with Crippen molar-refractivity contribution >= 4 is 5.97 Å². The summed E-state index contributed by atoms with van der Waals surface area (Å²) in [7, 11) is 2.15. The molecule has 2 unspecified atom stereocenters. The highest BCUT2D eigenvalue weighted by molar-refractivity contribution is 5.66. The van der Waals surface area contributed by atoms with Gasteiger partial charge in [-0.2, -0.15) is 0 Å². The van der Waals surface area contributed by atoms with Crippen LogP contribution >= 0.6 is 0 Å². The number of carboxylic acids is 1. The van der Waals surface area contributed by atoms with Crippen LogP contribution in [-0.2, 0) is 4.79 Å². The molecule has 2 atom stereocenters. The minimum atomic E-state index is -0.693. The molecule has 0 spiro atoms. The molecule has 0 bridgehead atoms. The number of benzene rings is 1. The van der Waals surface area contributed by atoms with Crippen LogP contribution in [0.3, 0.4) is 0 Å². The minimum Gasteiger partial charge on any atom is -0.481 e. The van der Waals surface area contributed by atoms with E-state index in [9.17, 15) is 4.79 Å². The SMILES string of the molecule is CN(CCCC(=O)O)C1CCCCC1c1ccccc1. The highest BCUT2D eigenvalue weighted by Gasteiger charge is 2.29. The van der Waals surface area contributed by atoms with Gasteiger partial charge in [0.1, 0.15) is 0 Å². The molecular weight excluding hydrogens is 250 g/mol. The molecule has 0 saturated heterocycles. The Kier molecular flexibility index (Phi) is 5.60. The van der Waals surface area contributed by atoms with E-state index in [2.05, 4.69) is 42.3 Å². The second-order valence-corrected chi connectivity index (χ2v) is 5.85. The number of carboxylic acid groups (broad SMARTS) is 1. The van der Waals surface area contributed by atoms with Crippen molar-refractivity contribution < 1.29 is 9.90 Å². The van der Waals surface area contributed by atoms with Crippen molar-refractivity contribution in [3.8, 4) is 0 Å². The van der Waals surface area contributed by atoms with Crippen LogP contribution in [0.15, 0.2) is 30.3 Å². The highest BCUT2D eigenvalue weighted by Crippen LogP contribution is 2.35. The number of likely N-dealkylation sites (N-methyl/N-ethyl adjacent to an activating group) is 1. The number of hydrogen-bond donors (Lipinski definition) is 1. The number of rotatable bonds is 6. The number of nitrogens with zero attached hydrogens (tertiary/aromatic N) is 1. The molecule has 1 aliphatic carbocycles. The molecule has 0 radical (unpaired) electrons. The first kappa shape index (κ1) is 15.0. The summed E-state index contributed by atoms with van der Waals surface area (Å²) in [5, 5.41) is 8.75. The molecule has 1 aliphatic rings. The summed E-state index contributed by atoms with van der Waals surface area (Å²) < 4.78 is 0. The third-order valence-electron chi connectivity index (χ3n) is 4.42. The predicted octanol–water partition coefficient (Wildman–Crippen LogP) is 3.51. The van der Waals surface area contributed by atoms with Crippen LogP contribution in [0, 0.1) is 0 Å². The first-order chi connectivity index (χ1) is 9.68. The Hall–Kier alpha value is -1.35. The van der Waals surface area contributed by atoms with Gasteiger partial charge in [0.15, 0.2) is 0 Å². The standard InChI is InChI=1S/C17H25NO2/c1-18(13-7-12-17(19)20)16-11-6-5-10-15(16)14-8-3-2-4-9-14/h2-4,8-9,15-16H,5-7,10-13H2,1H3,(H,19,20). The molecule has 20 heavy (non-hydrogen) atoms. The van der Waals surface area contributed by atoms with Crippen LogP contribution in [0.2, 0.25) is 0 Å². The quantitative estimate of drug-likeness (QED) is 0.863. The van der Waals surface area contributed by atoms with Gasteiger partial charge in [0.05, 0.1) is 0 Å². The molecule has 3 heteroatoms. The van der Waals surface area contributed by atoms with Crippen molar-refractivity contribution in [2.24, 2.45) is 0 Å². The van der Waals surface area contributed by atoms with Gasteiger partial charge in [-0.1, -0.05) is 43.2 Å². The Labute approximate surface area is 121 Å². The first-order valence-electron chi connectivity index (χ1n) is 7.65. The topological polar surface area (TPSA) is 40.5 Å². The molecule has 0 heterocycles. The molecule has 3 nitrogen and oxygen atoms in total. The van der Waals surface area contributed by atoms with Gasteiger partial charge < -0.3 is 10.0 Å². The molecule has 0 amide bonds. The van der Waals surface area contributed by atoms with E-state index in [-0.39, 0.29) is 6.42 Å². The highest BCUT2D eigenvalue weighted by atomic mass is 16.4. The number of hydrogen-bond acceptors (Lipinski definition) is 2. The summed E-state index contributed by atoms with van der Waals surface area (Å²) in [6, 6.07) is 11.3. The van der Waals surface area contributed by atoms with Crippen LogP contribution in [0.1, 0.15) is 50.0 Å². The van der Waals surface area contributed by atoms with Crippen LogP contribution < -0.4 is 0 Å². The maximum atomic E-state index is 10.6. The summed E-state index contributed by atoms with van der Waals surface area (Å²) in [6.07, 6.45) is 6.08. The Balaban J connectivity index is 1.97. The van der Waals surface area contributed by atoms with E-state index in [0.29, 0.717) is 12.0 Å². The van der Waals surface area contributed by atoms with Gasteiger partial charge in [-0.05, 0) is 44.3 Å². The summed E-state index contributed by atoms with van der Waals surface area (Å²) in [4.78, 5) is 13.0. The Morgan fingerprint density at radius 3 is 2.65 bits per heavy atom. The predicted molar refractivity (Wildman–Crippen MR) is 80.9 cm³/mol. The minimum absolute atomic E-state index is 0.271. The molecular formula is C17H25NO2. The van der Waals surface area contributed by atoms with Gasteiger partial charge >= 0.3 is 5.97 Å². The summed E-state index contributed by atoms with van der Waals surface area (Å²) in [5.74, 6) is -0.0959. The van der Waals surface area contributed by atoms with Crippen molar-refractivity contribution in [3.05, 3.63) is 35.9 Å². The average molecular weight is 275 g/mol. The van der Waals surface area contributed by atoms with Crippen LogP contribution in [0.4, 0.5) is 0 Å². The van der Waals surface area contributed by atoms with Crippen molar-refractivity contribution in [1.29, 1.82) is 0 Å². The van der Waals surface area contributed by atoms with Crippen molar-refractivity contribution in [3.63, 3.8) is 0 Å². The Morgan fingerprint density at radius 1 is 1.25 bits per heavy atom. The lowest BCUT2D eigenvalue weighted by Gasteiger charge is -2.38. The van der Waals surface area contributed by atoms with Crippen molar-refractivity contribution in [1.82, 2.24) is 4.90 Å². The molecule has 1 aromatic carbocycles. The van der Waals surface area contributed by atoms with Gasteiger partial charge in [0.25, 0.3) is 0 Å². The van der Waals surface area contributed by atoms with Gasteiger partial charge in [0, 0.05) is 12.5 Å². The maximum absolute atomic E-state index is 10.6. The molecule has 1 saturated carbocycles. The Bertz CT molecular complexity index is 418. The number of carbonyl (C=O) groups is 1. The van der Waals surface area contributed by atoms with Gasteiger partial charge in [-0.3, -0.25) is 4.79 Å². The molecule has 0 aromatic heterocycles. The van der Waals surface area contributed by atoms with Crippen LogP contribution in [0.25, 0.3) is 0 Å². The first-order valence-corrected chi connectivity index (χ1v) is 7.65. The summed E-state index contributed by atoms with van der Waals surface area (Å²) >= 11 is 0. The van der Waals surface area contributed by atoms with Crippen LogP contribution in [-0.4, -0.2) is 35.6 Å². The van der Waals surface area contributed by atoms with Crippen molar-refractivity contribution in [2.45, 2.75) is 50.5 Å². The summed E-state index contributed by atoms with van der Waals surface area (Å²) in [6.45, 7) is 0.875. The van der Waals surface area contributed by atoms with E-state index in [1.54, 1.807) is 0 Å². The van der Waals surface area contributed by atoms with Gasteiger partial charge in [0.2, 0.25) is 0 Å². The largest absolute Gasteiger partial charge is 0.481 e. The molecule has 1 fully saturated rings. The zero-order chi connectivity index (χ0) is 14.4. The van der Waals surface area contributed by atoms with E-state index < -0.39 is 5.97 Å². The molecule has 110 valence electrons. The smallest absolute Gasteiger partial charge is 0.303 e. The van der Waals surface area contributed by atoms with E-state index >= 15 is 0 Å². The maximum Gasteiger partial charge on any atom is 0.303 e. The zero-order valence-corrected chi connectivity index (χ0v) is 12.3. The average Bonchev–Trinajstić information content (AvgIpc) is 2.47. The third-order valence-corrected chi connectivity index (χ3v) is 4.42.